The maximum absolute atomic E-state index is 11.5. The number of benzene rings is 1. The molecular formula is C10H8N2O4. The van der Waals surface area contributed by atoms with Gasteiger partial charge in [-0.1, -0.05) is 12.1 Å². The minimum atomic E-state index is -1.02. The van der Waals surface area contributed by atoms with Gasteiger partial charge in [-0.25, -0.2) is 9.47 Å². The molecule has 1 heterocycles. The Morgan fingerprint density at radius 1 is 1.31 bits per heavy atom. The molecule has 2 rings (SSSR count). The predicted molar refractivity (Wildman–Crippen MR) is 56.8 cm³/mol. The van der Waals surface area contributed by atoms with Crippen LogP contribution >= 0.6 is 0 Å². The molecule has 0 saturated carbocycles. The third-order valence-corrected chi connectivity index (χ3v) is 1.96. The van der Waals surface area contributed by atoms with Gasteiger partial charge in [0.15, 0.2) is 5.58 Å². The van der Waals surface area contributed by atoms with Crippen molar-refractivity contribution in [1.82, 2.24) is 4.68 Å². The van der Waals surface area contributed by atoms with Crippen molar-refractivity contribution in [3.8, 4) is 0 Å². The van der Waals surface area contributed by atoms with Crippen molar-refractivity contribution in [2.75, 3.05) is 5.43 Å². The van der Waals surface area contributed by atoms with E-state index in [9.17, 15) is 14.4 Å². The summed E-state index contributed by atoms with van der Waals surface area (Å²) in [5.74, 6) is -0.446. The van der Waals surface area contributed by atoms with Gasteiger partial charge in [-0.05, 0) is 12.1 Å². The fourth-order valence-electron chi connectivity index (χ4n) is 1.34. The van der Waals surface area contributed by atoms with Crippen molar-refractivity contribution in [3.63, 3.8) is 0 Å². The summed E-state index contributed by atoms with van der Waals surface area (Å²) in [4.78, 5) is 33.6. The van der Waals surface area contributed by atoms with Gasteiger partial charge in [0.2, 0.25) is 5.91 Å². The molecule has 0 aliphatic rings. The van der Waals surface area contributed by atoms with Crippen LogP contribution in [0.15, 0.2) is 38.3 Å². The molecule has 0 atom stereocenters. The number of fused-ring (bicyclic) bond motifs is 1. The minimum Gasteiger partial charge on any atom is -0.417 e. The van der Waals surface area contributed by atoms with Crippen molar-refractivity contribution in [2.24, 2.45) is 0 Å². The first-order valence-electron chi connectivity index (χ1n) is 4.52. The Bertz CT molecular complexity index is 668. The highest BCUT2D eigenvalue weighted by atomic mass is 16.4. The van der Waals surface area contributed by atoms with E-state index < -0.39 is 17.1 Å². The Hall–Kier alpha value is -2.37. The van der Waals surface area contributed by atoms with Crippen molar-refractivity contribution in [2.45, 2.75) is 6.92 Å². The molecule has 1 N–H and O–H groups in total. The zero-order chi connectivity index (χ0) is 11.7. The van der Waals surface area contributed by atoms with E-state index >= 15 is 0 Å². The largest absolute Gasteiger partial charge is 0.417 e. The van der Waals surface area contributed by atoms with Crippen LogP contribution in [0.4, 0.5) is 0 Å². The molecule has 2 aromatic rings. The van der Waals surface area contributed by atoms with Gasteiger partial charge in [-0.3, -0.25) is 15.0 Å². The Balaban J connectivity index is 2.87. The van der Waals surface area contributed by atoms with Crippen LogP contribution in [0, 0.1) is 0 Å². The number of nitrogens with zero attached hydrogens (tertiary/aromatic N) is 1. The van der Waals surface area contributed by atoms with E-state index in [0.717, 1.165) is 4.68 Å². The van der Waals surface area contributed by atoms with Gasteiger partial charge < -0.3 is 4.42 Å². The minimum absolute atomic E-state index is 0.237. The molecule has 0 fully saturated rings. The summed E-state index contributed by atoms with van der Waals surface area (Å²) in [6.07, 6.45) is 0. The van der Waals surface area contributed by atoms with Gasteiger partial charge >= 0.3 is 11.2 Å². The van der Waals surface area contributed by atoms with Crippen LogP contribution in [0.5, 0.6) is 0 Å². The highest BCUT2D eigenvalue weighted by molar-refractivity contribution is 5.83. The number of amides is 1. The molecule has 82 valence electrons. The normalized spacial score (nSPS) is 10.3. The third kappa shape index (κ3) is 1.60. The van der Waals surface area contributed by atoms with Gasteiger partial charge in [0.25, 0.3) is 0 Å². The second kappa shape index (κ2) is 3.65. The smallest absolute Gasteiger partial charge is 0.404 e. The topological polar surface area (TPSA) is 81.3 Å². The summed E-state index contributed by atoms with van der Waals surface area (Å²) < 4.78 is 5.65. The van der Waals surface area contributed by atoms with Crippen LogP contribution < -0.4 is 16.6 Å². The first-order valence-corrected chi connectivity index (χ1v) is 4.52. The number of aromatic nitrogens is 1. The summed E-state index contributed by atoms with van der Waals surface area (Å²) in [5.41, 5.74) is 0.891. The van der Waals surface area contributed by atoms with Crippen molar-refractivity contribution in [1.29, 1.82) is 0 Å². The van der Waals surface area contributed by atoms with Gasteiger partial charge in [0, 0.05) is 6.92 Å². The number of rotatable bonds is 1. The monoisotopic (exact) mass is 220 g/mol. The van der Waals surface area contributed by atoms with Crippen LogP contribution in [0.25, 0.3) is 11.1 Å². The highest BCUT2D eigenvalue weighted by Crippen LogP contribution is 2.07. The molecular weight excluding hydrogens is 212 g/mol. The maximum atomic E-state index is 11.5. The van der Waals surface area contributed by atoms with Crippen molar-refractivity contribution < 1.29 is 9.21 Å². The number of hydrogen-bond donors (Lipinski definition) is 1. The zero-order valence-corrected chi connectivity index (χ0v) is 8.39. The van der Waals surface area contributed by atoms with Crippen molar-refractivity contribution >= 4 is 17.0 Å². The third-order valence-electron chi connectivity index (χ3n) is 1.96. The average Bonchev–Trinajstić information content (AvgIpc) is 2.24. The summed E-state index contributed by atoms with van der Waals surface area (Å²) in [6, 6.07) is 6.43. The standard InChI is InChI=1S/C10H8N2O4/c1-6(13)11-12-7-4-2-3-5-8(7)16-10(15)9(12)14/h2-5H,1H3,(H,11,13). The molecule has 0 saturated heterocycles. The van der Waals surface area contributed by atoms with Crippen LogP contribution in [-0.4, -0.2) is 10.6 Å². The molecule has 1 aromatic heterocycles. The van der Waals surface area contributed by atoms with E-state index in [1.807, 2.05) is 0 Å². The Morgan fingerprint density at radius 3 is 2.69 bits per heavy atom. The lowest BCUT2D eigenvalue weighted by Crippen LogP contribution is -2.40. The number of carbonyl (C=O) groups is 1. The average molecular weight is 220 g/mol. The molecule has 0 aliphatic heterocycles. The first kappa shape index (κ1) is 10.2. The number of hydrogen-bond acceptors (Lipinski definition) is 4. The van der Waals surface area contributed by atoms with Crippen LogP contribution in [0.1, 0.15) is 6.92 Å². The summed E-state index contributed by atoms with van der Waals surface area (Å²) in [7, 11) is 0. The molecule has 0 aliphatic carbocycles. The van der Waals surface area contributed by atoms with E-state index in [4.69, 9.17) is 4.42 Å². The van der Waals surface area contributed by atoms with Crippen LogP contribution in [-0.2, 0) is 4.79 Å². The van der Waals surface area contributed by atoms with Crippen molar-refractivity contribution in [3.05, 3.63) is 45.0 Å². The summed E-state index contributed by atoms with van der Waals surface area (Å²) >= 11 is 0. The van der Waals surface area contributed by atoms with Gasteiger partial charge in [-0.15, -0.1) is 0 Å². The highest BCUT2D eigenvalue weighted by Gasteiger charge is 2.09. The molecule has 1 amide bonds. The molecule has 1 aromatic carbocycles. The summed E-state index contributed by atoms with van der Waals surface area (Å²) in [6.45, 7) is 1.25. The second-order valence-electron chi connectivity index (χ2n) is 3.17. The van der Waals surface area contributed by atoms with Crippen LogP contribution in [0.2, 0.25) is 0 Å². The van der Waals surface area contributed by atoms with E-state index in [0.29, 0.717) is 5.52 Å². The molecule has 0 unspecified atom stereocenters. The lowest BCUT2D eigenvalue weighted by molar-refractivity contribution is -0.115. The molecule has 0 spiro atoms. The maximum Gasteiger partial charge on any atom is 0.404 e. The molecule has 0 radical (unpaired) electrons. The number of nitrogens with one attached hydrogen (secondary N) is 1. The lowest BCUT2D eigenvalue weighted by atomic mass is 10.3. The fraction of sp³-hybridized carbons (Fsp3) is 0.100. The molecule has 16 heavy (non-hydrogen) atoms. The van der Waals surface area contributed by atoms with E-state index in [1.165, 1.54) is 13.0 Å². The van der Waals surface area contributed by atoms with Crippen LogP contribution in [0.3, 0.4) is 0 Å². The number of carbonyl (C=O) groups excluding carboxylic acids is 1. The predicted octanol–water partition coefficient (Wildman–Crippen LogP) is 0.0447. The lowest BCUT2D eigenvalue weighted by Gasteiger charge is -2.07. The molecule has 0 bridgehead atoms. The quantitative estimate of drug-likeness (QED) is 0.688. The Morgan fingerprint density at radius 2 is 2.00 bits per heavy atom. The second-order valence-corrected chi connectivity index (χ2v) is 3.17. The summed E-state index contributed by atoms with van der Waals surface area (Å²) in [5, 5.41) is 0. The SMILES string of the molecule is CC(=O)Nn1c(=O)c(=O)oc2ccccc21. The zero-order valence-electron chi connectivity index (χ0n) is 8.39. The van der Waals surface area contributed by atoms with Gasteiger partial charge in [0.05, 0.1) is 0 Å². The molecule has 6 heteroatoms. The Labute approximate surface area is 89.1 Å². The van der Waals surface area contributed by atoms with E-state index in [-0.39, 0.29) is 5.58 Å². The van der Waals surface area contributed by atoms with E-state index in [2.05, 4.69) is 5.43 Å². The Kier molecular flexibility index (Phi) is 2.32. The van der Waals surface area contributed by atoms with Gasteiger partial charge in [-0.2, -0.15) is 0 Å². The number of para-hydroxylation sites is 2. The first-order chi connectivity index (χ1) is 7.59. The van der Waals surface area contributed by atoms with E-state index in [1.54, 1.807) is 18.2 Å². The fourth-order valence-corrected chi connectivity index (χ4v) is 1.34. The van der Waals surface area contributed by atoms with Gasteiger partial charge in [0.1, 0.15) is 5.52 Å². The molecule has 6 nitrogen and oxygen atoms in total.